The van der Waals surface area contributed by atoms with Crippen LogP contribution >= 0.6 is 43.5 Å². The predicted molar refractivity (Wildman–Crippen MR) is 144 cm³/mol. The van der Waals surface area contributed by atoms with Crippen molar-refractivity contribution in [2.24, 2.45) is 5.92 Å². The molecule has 186 valence electrons. The highest BCUT2D eigenvalue weighted by Crippen LogP contribution is 2.46. The molecule has 1 atom stereocenters. The fraction of sp³-hybridized carbons (Fsp3) is 0.500. The maximum Gasteiger partial charge on any atom is 0.317 e. The summed E-state index contributed by atoms with van der Waals surface area (Å²) < 4.78 is 2.05. The second kappa shape index (κ2) is 10.8. The number of carbonyl (C=O) groups excluding carboxylic acids is 2. The van der Waals surface area contributed by atoms with Gasteiger partial charge in [0.2, 0.25) is 5.91 Å². The number of aryl methyl sites for hydroxylation is 2. The van der Waals surface area contributed by atoms with E-state index in [2.05, 4.69) is 49.3 Å². The van der Waals surface area contributed by atoms with E-state index in [1.807, 2.05) is 17.2 Å². The molecule has 3 amide bonds. The van der Waals surface area contributed by atoms with E-state index in [1.54, 1.807) is 4.90 Å². The van der Waals surface area contributed by atoms with Gasteiger partial charge in [0.25, 0.3) is 0 Å². The van der Waals surface area contributed by atoms with Crippen LogP contribution in [0.15, 0.2) is 33.3 Å². The fourth-order valence-corrected chi connectivity index (χ4v) is 7.32. The molecule has 0 spiro atoms. The monoisotopic (exact) mass is 622 g/mol. The molecule has 9 heteroatoms. The van der Waals surface area contributed by atoms with Gasteiger partial charge in [-0.05, 0) is 88.8 Å². The Labute approximate surface area is 228 Å². The van der Waals surface area contributed by atoms with Crippen LogP contribution in [0.5, 0.6) is 0 Å². The number of aromatic nitrogens is 1. The molecule has 0 bridgehead atoms. The summed E-state index contributed by atoms with van der Waals surface area (Å²) in [6, 6.07) is 6.29. The second-order valence-electron chi connectivity index (χ2n) is 9.68. The molecule has 0 radical (unpaired) electrons. The lowest BCUT2D eigenvalue weighted by molar-refractivity contribution is -0.132. The zero-order valence-corrected chi connectivity index (χ0v) is 23.5. The van der Waals surface area contributed by atoms with Gasteiger partial charge in [-0.3, -0.25) is 9.78 Å². The number of pyridine rings is 1. The summed E-state index contributed by atoms with van der Waals surface area (Å²) in [5.74, 6) is 0.766. The average molecular weight is 625 g/mol. The zero-order chi connectivity index (χ0) is 24.5. The van der Waals surface area contributed by atoms with Crippen molar-refractivity contribution in [1.82, 2.24) is 20.1 Å². The van der Waals surface area contributed by atoms with E-state index >= 15 is 0 Å². The lowest BCUT2D eigenvalue weighted by Gasteiger charge is -2.37. The Morgan fingerprint density at radius 3 is 2.63 bits per heavy atom. The van der Waals surface area contributed by atoms with Crippen molar-refractivity contribution in [3.8, 4) is 0 Å². The fourth-order valence-electron chi connectivity index (χ4n) is 5.82. The largest absolute Gasteiger partial charge is 0.343 e. The van der Waals surface area contributed by atoms with Gasteiger partial charge in [0.15, 0.2) is 0 Å². The Hall–Kier alpha value is -1.64. The number of carbonyl (C=O) groups is 2. The van der Waals surface area contributed by atoms with E-state index in [1.165, 1.54) is 16.7 Å². The summed E-state index contributed by atoms with van der Waals surface area (Å²) in [4.78, 5) is 33.3. The maximum absolute atomic E-state index is 12.9. The first-order valence-electron chi connectivity index (χ1n) is 12.3. The van der Waals surface area contributed by atoms with Gasteiger partial charge in [0.05, 0.1) is 5.69 Å². The standard InChI is InChI=1S/C26H29Br2ClN4O2/c27-19-12-18-4-3-17-13-20(29)14-21(28)23(17)24(25(18)31-15-19)16-5-9-32(10-6-16)22(34)2-1-8-33-11-7-30-26(33)35/h12-16,24H,1-11H2,(H,30,35). The van der Waals surface area contributed by atoms with Crippen LogP contribution in [0.2, 0.25) is 5.02 Å². The van der Waals surface area contributed by atoms with Crippen LogP contribution in [-0.2, 0) is 17.6 Å². The molecule has 1 aromatic heterocycles. The topological polar surface area (TPSA) is 65.5 Å². The Kier molecular flexibility index (Phi) is 7.70. The quantitative estimate of drug-likeness (QED) is 0.476. The van der Waals surface area contributed by atoms with Crippen LogP contribution in [0, 0.1) is 5.92 Å². The van der Waals surface area contributed by atoms with Crippen molar-refractivity contribution in [2.45, 2.75) is 44.4 Å². The number of nitrogens with zero attached hydrogens (tertiary/aromatic N) is 3. The van der Waals surface area contributed by atoms with Gasteiger partial charge in [-0.15, -0.1) is 0 Å². The third-order valence-corrected chi connectivity index (χ3v) is 8.85. The molecule has 35 heavy (non-hydrogen) atoms. The molecule has 2 aromatic rings. The van der Waals surface area contributed by atoms with Crippen molar-refractivity contribution < 1.29 is 9.59 Å². The van der Waals surface area contributed by atoms with E-state index in [-0.39, 0.29) is 17.9 Å². The molecule has 3 aliphatic rings. The third kappa shape index (κ3) is 5.39. The number of likely N-dealkylation sites (tertiary alicyclic amines) is 1. The van der Waals surface area contributed by atoms with Gasteiger partial charge in [0.1, 0.15) is 0 Å². The van der Waals surface area contributed by atoms with Gasteiger partial charge in [-0.25, -0.2) is 4.79 Å². The third-order valence-electron chi connectivity index (χ3n) is 7.54. The molecule has 2 aliphatic heterocycles. The lowest BCUT2D eigenvalue weighted by atomic mass is 9.76. The van der Waals surface area contributed by atoms with Crippen LogP contribution in [0.3, 0.4) is 0 Å². The average Bonchev–Trinajstić information content (AvgIpc) is 3.17. The summed E-state index contributed by atoms with van der Waals surface area (Å²) in [5, 5.41) is 3.56. The maximum atomic E-state index is 12.9. The zero-order valence-electron chi connectivity index (χ0n) is 19.5. The van der Waals surface area contributed by atoms with Crippen LogP contribution in [0.1, 0.15) is 54.0 Å². The minimum atomic E-state index is -0.0182. The van der Waals surface area contributed by atoms with Crippen molar-refractivity contribution in [3.05, 3.63) is 60.7 Å². The van der Waals surface area contributed by atoms with Crippen LogP contribution in [0.4, 0.5) is 4.79 Å². The number of hydrogen-bond acceptors (Lipinski definition) is 3. The van der Waals surface area contributed by atoms with Crippen LogP contribution < -0.4 is 5.32 Å². The number of piperidine rings is 1. The molecule has 1 N–H and O–H groups in total. The Balaban J connectivity index is 1.30. The summed E-state index contributed by atoms with van der Waals surface area (Å²) in [7, 11) is 0. The van der Waals surface area contributed by atoms with Gasteiger partial charge < -0.3 is 15.1 Å². The number of rotatable bonds is 5. The van der Waals surface area contributed by atoms with Crippen molar-refractivity contribution in [1.29, 1.82) is 0 Å². The lowest BCUT2D eigenvalue weighted by Crippen LogP contribution is -2.40. The number of benzene rings is 1. The Morgan fingerprint density at radius 1 is 1.11 bits per heavy atom. The van der Waals surface area contributed by atoms with Crippen molar-refractivity contribution in [2.75, 3.05) is 32.7 Å². The number of halogens is 3. The molecule has 5 rings (SSSR count). The summed E-state index contributed by atoms with van der Waals surface area (Å²) in [6.07, 6.45) is 6.85. The summed E-state index contributed by atoms with van der Waals surface area (Å²) >= 11 is 13.8. The van der Waals surface area contributed by atoms with Crippen molar-refractivity contribution in [3.63, 3.8) is 0 Å². The highest BCUT2D eigenvalue weighted by molar-refractivity contribution is 9.10. The number of nitrogens with one attached hydrogen (secondary N) is 1. The molecule has 3 heterocycles. The van der Waals surface area contributed by atoms with Gasteiger partial charge in [-0.1, -0.05) is 27.5 Å². The van der Waals surface area contributed by atoms with E-state index in [4.69, 9.17) is 16.6 Å². The van der Waals surface area contributed by atoms with Gasteiger partial charge in [-0.2, -0.15) is 0 Å². The molecule has 6 nitrogen and oxygen atoms in total. The van der Waals surface area contributed by atoms with E-state index in [0.717, 1.165) is 65.0 Å². The number of hydrogen-bond donors (Lipinski definition) is 1. The van der Waals surface area contributed by atoms with Crippen LogP contribution in [-0.4, -0.2) is 59.4 Å². The SMILES string of the molecule is O=C(CCCN1CCNC1=O)N1CCC(C2c3ncc(Br)cc3CCc3cc(Cl)cc(Br)c32)CC1. The molecule has 2 saturated heterocycles. The number of urea groups is 1. The molecule has 1 unspecified atom stereocenters. The Morgan fingerprint density at radius 2 is 1.89 bits per heavy atom. The first kappa shape index (κ1) is 25.0. The smallest absolute Gasteiger partial charge is 0.317 e. The van der Waals surface area contributed by atoms with E-state index in [9.17, 15) is 9.59 Å². The summed E-state index contributed by atoms with van der Waals surface area (Å²) in [6.45, 7) is 3.59. The highest BCUT2D eigenvalue weighted by atomic mass is 79.9. The first-order chi connectivity index (χ1) is 16.9. The molecular formula is C26H29Br2ClN4O2. The molecular weight excluding hydrogens is 596 g/mol. The number of fused-ring (bicyclic) bond motifs is 2. The first-order valence-corrected chi connectivity index (χ1v) is 14.3. The van der Waals surface area contributed by atoms with Crippen LogP contribution in [0.25, 0.3) is 0 Å². The molecule has 2 fully saturated rings. The van der Waals surface area contributed by atoms with Gasteiger partial charge >= 0.3 is 6.03 Å². The second-order valence-corrected chi connectivity index (χ2v) is 11.9. The summed E-state index contributed by atoms with van der Waals surface area (Å²) in [5.41, 5.74) is 5.03. The molecule has 1 aromatic carbocycles. The van der Waals surface area contributed by atoms with E-state index in [0.29, 0.717) is 31.8 Å². The highest BCUT2D eigenvalue weighted by Gasteiger charge is 2.36. The van der Waals surface area contributed by atoms with Gasteiger partial charge in [0, 0.05) is 65.2 Å². The molecule has 0 saturated carbocycles. The normalized spacial score (nSPS) is 20.3. The predicted octanol–water partition coefficient (Wildman–Crippen LogP) is 5.53. The number of amides is 3. The van der Waals surface area contributed by atoms with E-state index < -0.39 is 0 Å². The molecule has 1 aliphatic carbocycles. The van der Waals surface area contributed by atoms with Crippen molar-refractivity contribution >= 4 is 55.4 Å². The minimum absolute atomic E-state index is 0.0182. The Bertz CT molecular complexity index is 1140. The minimum Gasteiger partial charge on any atom is -0.343 e.